The molecule has 0 radical (unpaired) electrons. The van der Waals surface area contributed by atoms with Crippen LogP contribution >= 0.6 is 23.4 Å². The van der Waals surface area contributed by atoms with E-state index in [2.05, 4.69) is 10.2 Å². The summed E-state index contributed by atoms with van der Waals surface area (Å²) >= 11 is 7.40. The fraction of sp³-hybridized carbons (Fsp3) is 0.524. The zero-order valence-corrected chi connectivity index (χ0v) is 19.1. The zero-order valence-electron chi connectivity index (χ0n) is 17.5. The summed E-state index contributed by atoms with van der Waals surface area (Å²) in [7, 11) is 1.78. The topological polar surface area (TPSA) is 71.3 Å². The number of aromatic nitrogens is 3. The number of thioether (sulfide) groups is 1. The van der Waals surface area contributed by atoms with Crippen LogP contribution in [-0.4, -0.2) is 55.7 Å². The van der Waals surface area contributed by atoms with Crippen LogP contribution in [0.5, 0.6) is 0 Å². The molecule has 2 aromatic rings. The van der Waals surface area contributed by atoms with Gasteiger partial charge >= 0.3 is 0 Å². The molecule has 1 aliphatic rings. The highest BCUT2D eigenvalue weighted by molar-refractivity contribution is 7.99. The van der Waals surface area contributed by atoms with Crippen molar-refractivity contribution in [3.05, 3.63) is 40.7 Å². The first-order valence-electron chi connectivity index (χ1n) is 10.3. The molecular weight excluding hydrogens is 422 g/mol. The molecule has 0 atom stereocenters. The van der Waals surface area contributed by atoms with Crippen LogP contribution in [0.2, 0.25) is 5.02 Å². The largest absolute Gasteiger partial charge is 0.341 e. The van der Waals surface area contributed by atoms with Crippen molar-refractivity contribution in [2.75, 3.05) is 19.3 Å². The number of carbonyl (C=O) groups is 2. The summed E-state index contributed by atoms with van der Waals surface area (Å²) in [5.41, 5.74) is 0.990. The lowest BCUT2D eigenvalue weighted by atomic mass is 10.2. The number of hydrogen-bond acceptors (Lipinski definition) is 5. The van der Waals surface area contributed by atoms with Crippen molar-refractivity contribution in [3.8, 4) is 0 Å². The summed E-state index contributed by atoms with van der Waals surface area (Å²) in [6.07, 6.45) is 3.69. The maximum Gasteiger partial charge on any atom is 0.233 e. The van der Waals surface area contributed by atoms with Crippen molar-refractivity contribution in [2.24, 2.45) is 0 Å². The SMILES string of the molecule is CCn1c(CN2CCCCCC2=O)nnc1SCC(=O)N(C)Cc1cccc(Cl)c1. The standard InChI is InChI=1S/C21H28ClN5O2S/c1-3-27-18(14-26-11-6-4-5-10-19(26)28)23-24-21(27)30-15-20(29)25(2)13-16-8-7-9-17(22)12-16/h7-9,12H,3-6,10-11,13-15H2,1-2H3. The first kappa shape index (κ1) is 22.6. The maximum absolute atomic E-state index is 12.6. The summed E-state index contributed by atoms with van der Waals surface area (Å²) in [6, 6.07) is 7.51. The van der Waals surface area contributed by atoms with Crippen molar-refractivity contribution < 1.29 is 9.59 Å². The van der Waals surface area contributed by atoms with E-state index in [1.54, 1.807) is 11.9 Å². The molecule has 0 aliphatic carbocycles. The highest BCUT2D eigenvalue weighted by Crippen LogP contribution is 2.20. The average molecular weight is 450 g/mol. The normalized spacial score (nSPS) is 14.6. The van der Waals surface area contributed by atoms with Crippen molar-refractivity contribution in [1.82, 2.24) is 24.6 Å². The maximum atomic E-state index is 12.6. The van der Waals surface area contributed by atoms with Gasteiger partial charge in [0.15, 0.2) is 11.0 Å². The minimum Gasteiger partial charge on any atom is -0.341 e. The Morgan fingerprint density at radius 1 is 1.27 bits per heavy atom. The molecule has 1 aromatic carbocycles. The Morgan fingerprint density at radius 3 is 2.87 bits per heavy atom. The van der Waals surface area contributed by atoms with E-state index in [1.165, 1.54) is 11.8 Å². The number of nitrogens with zero attached hydrogens (tertiary/aromatic N) is 5. The number of carbonyl (C=O) groups excluding carboxylic acids is 2. The number of benzene rings is 1. The van der Waals surface area contributed by atoms with E-state index in [-0.39, 0.29) is 17.6 Å². The third-order valence-electron chi connectivity index (χ3n) is 5.17. The quantitative estimate of drug-likeness (QED) is 0.576. The Bertz CT molecular complexity index is 888. The Balaban J connectivity index is 1.58. The predicted octanol–water partition coefficient (Wildman–Crippen LogP) is 3.60. The molecule has 0 unspecified atom stereocenters. The first-order valence-corrected chi connectivity index (χ1v) is 11.7. The number of likely N-dealkylation sites (tertiary alicyclic amines) is 1. The van der Waals surface area contributed by atoms with E-state index in [0.717, 1.165) is 37.2 Å². The van der Waals surface area contributed by atoms with Gasteiger partial charge in [0.2, 0.25) is 11.8 Å². The third-order valence-corrected chi connectivity index (χ3v) is 6.36. The Labute approximate surface area is 186 Å². The molecule has 30 heavy (non-hydrogen) atoms. The second-order valence-corrected chi connectivity index (χ2v) is 8.82. The molecular formula is C21H28ClN5O2S. The molecule has 7 nitrogen and oxygen atoms in total. The van der Waals surface area contributed by atoms with Gasteiger partial charge in [0.1, 0.15) is 0 Å². The molecule has 9 heteroatoms. The van der Waals surface area contributed by atoms with Crippen LogP contribution in [0.1, 0.15) is 44.0 Å². The first-order chi connectivity index (χ1) is 14.5. The van der Waals surface area contributed by atoms with Crippen LogP contribution in [0, 0.1) is 0 Å². The summed E-state index contributed by atoms with van der Waals surface area (Å²) in [4.78, 5) is 28.4. The van der Waals surface area contributed by atoms with Crippen molar-refractivity contribution in [2.45, 2.75) is 57.4 Å². The van der Waals surface area contributed by atoms with Crippen LogP contribution in [0.25, 0.3) is 0 Å². The molecule has 1 saturated heterocycles. The molecule has 0 spiro atoms. The van der Waals surface area contributed by atoms with Gasteiger partial charge in [-0.2, -0.15) is 0 Å². The molecule has 1 aliphatic heterocycles. The van der Waals surface area contributed by atoms with Gasteiger partial charge in [0, 0.05) is 38.1 Å². The van der Waals surface area contributed by atoms with Crippen LogP contribution in [-0.2, 0) is 29.2 Å². The minimum absolute atomic E-state index is 0.00914. The van der Waals surface area contributed by atoms with E-state index in [4.69, 9.17) is 11.6 Å². The smallest absolute Gasteiger partial charge is 0.233 e. The second kappa shape index (κ2) is 10.8. The average Bonchev–Trinajstić information content (AvgIpc) is 3.00. The highest BCUT2D eigenvalue weighted by Gasteiger charge is 2.21. The van der Waals surface area contributed by atoms with Gasteiger partial charge in [-0.1, -0.05) is 41.9 Å². The Morgan fingerprint density at radius 2 is 2.10 bits per heavy atom. The van der Waals surface area contributed by atoms with E-state index >= 15 is 0 Å². The summed E-state index contributed by atoms with van der Waals surface area (Å²) < 4.78 is 1.99. The molecule has 3 rings (SSSR count). The monoisotopic (exact) mass is 449 g/mol. The van der Waals surface area contributed by atoms with Crippen LogP contribution in [0.4, 0.5) is 0 Å². The molecule has 0 saturated carbocycles. The van der Waals surface area contributed by atoms with Gasteiger partial charge in [-0.15, -0.1) is 10.2 Å². The fourth-order valence-electron chi connectivity index (χ4n) is 3.47. The lowest BCUT2D eigenvalue weighted by Crippen LogP contribution is -2.31. The van der Waals surface area contributed by atoms with Gasteiger partial charge in [0.25, 0.3) is 0 Å². The van der Waals surface area contributed by atoms with E-state index in [1.807, 2.05) is 40.7 Å². The minimum atomic E-state index is 0.00914. The molecule has 2 amide bonds. The lowest BCUT2D eigenvalue weighted by Gasteiger charge is -2.20. The molecule has 162 valence electrons. The second-order valence-electron chi connectivity index (χ2n) is 7.44. The van der Waals surface area contributed by atoms with E-state index < -0.39 is 0 Å². The molecule has 1 aromatic heterocycles. The fourth-order valence-corrected chi connectivity index (χ4v) is 4.65. The van der Waals surface area contributed by atoms with Crippen molar-refractivity contribution in [3.63, 3.8) is 0 Å². The van der Waals surface area contributed by atoms with Crippen LogP contribution in [0.15, 0.2) is 29.4 Å². The molecule has 1 fully saturated rings. The lowest BCUT2D eigenvalue weighted by molar-refractivity contribution is -0.131. The van der Waals surface area contributed by atoms with Crippen LogP contribution < -0.4 is 0 Å². The number of halogens is 1. The predicted molar refractivity (Wildman–Crippen MR) is 118 cm³/mol. The van der Waals surface area contributed by atoms with E-state index in [0.29, 0.717) is 36.2 Å². The third kappa shape index (κ3) is 5.98. The molecule has 2 heterocycles. The van der Waals surface area contributed by atoms with Crippen molar-refractivity contribution in [1.29, 1.82) is 0 Å². The number of rotatable bonds is 8. The summed E-state index contributed by atoms with van der Waals surface area (Å²) in [5.74, 6) is 1.24. The van der Waals surface area contributed by atoms with E-state index in [9.17, 15) is 9.59 Å². The van der Waals surface area contributed by atoms with Gasteiger partial charge in [-0.25, -0.2) is 0 Å². The number of hydrogen-bond donors (Lipinski definition) is 0. The Hall–Kier alpha value is -2.06. The van der Waals surface area contributed by atoms with Gasteiger partial charge in [0.05, 0.1) is 12.3 Å². The van der Waals surface area contributed by atoms with Crippen LogP contribution in [0.3, 0.4) is 0 Å². The Kier molecular flexibility index (Phi) is 8.16. The molecule has 0 N–H and O–H groups in total. The molecule has 0 bridgehead atoms. The van der Waals surface area contributed by atoms with Gasteiger partial charge < -0.3 is 14.4 Å². The summed E-state index contributed by atoms with van der Waals surface area (Å²) in [6.45, 7) is 4.46. The summed E-state index contributed by atoms with van der Waals surface area (Å²) in [5, 5.41) is 9.95. The number of amides is 2. The van der Waals surface area contributed by atoms with Gasteiger partial charge in [-0.05, 0) is 37.5 Å². The highest BCUT2D eigenvalue weighted by atomic mass is 35.5. The zero-order chi connectivity index (χ0) is 21.5. The van der Waals surface area contributed by atoms with Crippen molar-refractivity contribution >= 4 is 35.2 Å². The van der Waals surface area contributed by atoms with Gasteiger partial charge in [-0.3, -0.25) is 9.59 Å².